The zero-order chi connectivity index (χ0) is 21.2. The van der Waals surface area contributed by atoms with Gasteiger partial charge in [0.25, 0.3) is 0 Å². The fraction of sp³-hybridized carbons (Fsp3) is 0.158. The van der Waals surface area contributed by atoms with E-state index in [1.165, 1.54) is 42.7 Å². The summed E-state index contributed by atoms with van der Waals surface area (Å²) in [5, 5.41) is 0. The van der Waals surface area contributed by atoms with Crippen molar-refractivity contribution in [1.29, 1.82) is 0 Å². The molecule has 0 N–H and O–H groups in total. The van der Waals surface area contributed by atoms with Crippen molar-refractivity contribution in [1.82, 2.24) is 4.31 Å². The molecule has 0 saturated heterocycles. The summed E-state index contributed by atoms with van der Waals surface area (Å²) in [5.41, 5.74) is -1.26. The molecule has 1 aromatic heterocycles. The number of hydrogen-bond donors (Lipinski definition) is 0. The summed E-state index contributed by atoms with van der Waals surface area (Å²) in [6.45, 7) is -1.00. The lowest BCUT2D eigenvalue weighted by atomic mass is 10.1. The molecule has 0 aliphatic rings. The zero-order valence-corrected chi connectivity index (χ0v) is 17.1. The summed E-state index contributed by atoms with van der Waals surface area (Å²) in [4.78, 5) is -0.630. The molecule has 1 heterocycles. The van der Waals surface area contributed by atoms with Gasteiger partial charge in [0.05, 0.1) is 18.4 Å². The van der Waals surface area contributed by atoms with Gasteiger partial charge in [0.1, 0.15) is 16.5 Å². The lowest BCUT2D eigenvalue weighted by molar-refractivity contribution is -0.138. The molecule has 0 saturated carbocycles. The number of furan rings is 1. The quantitative estimate of drug-likeness (QED) is 0.422. The Kier molecular flexibility index (Phi) is 6.16. The Bertz CT molecular complexity index is 1100. The van der Waals surface area contributed by atoms with Crippen LogP contribution >= 0.6 is 15.9 Å². The first-order valence-electron chi connectivity index (χ1n) is 8.22. The Balaban J connectivity index is 2.09. The van der Waals surface area contributed by atoms with Crippen LogP contribution < -0.4 is 0 Å². The van der Waals surface area contributed by atoms with E-state index in [9.17, 15) is 26.0 Å². The first-order chi connectivity index (χ1) is 13.6. The van der Waals surface area contributed by atoms with Crippen molar-refractivity contribution in [2.75, 3.05) is 0 Å². The van der Waals surface area contributed by atoms with Crippen molar-refractivity contribution in [3.63, 3.8) is 0 Å². The Hall–Kier alpha value is -2.17. The molecule has 0 fully saturated rings. The van der Waals surface area contributed by atoms with Gasteiger partial charge in [0.15, 0.2) is 0 Å². The highest BCUT2D eigenvalue weighted by Crippen LogP contribution is 2.35. The molecule has 0 atom stereocenters. The molecule has 29 heavy (non-hydrogen) atoms. The van der Waals surface area contributed by atoms with Gasteiger partial charge in [0.2, 0.25) is 10.0 Å². The fourth-order valence-corrected chi connectivity index (χ4v) is 4.61. The fourth-order valence-electron chi connectivity index (χ4n) is 2.75. The van der Waals surface area contributed by atoms with Crippen LogP contribution in [0, 0.1) is 5.82 Å². The Labute approximate surface area is 172 Å². The van der Waals surface area contributed by atoms with Gasteiger partial charge < -0.3 is 4.42 Å². The third-order valence-electron chi connectivity index (χ3n) is 4.09. The molecule has 0 spiro atoms. The van der Waals surface area contributed by atoms with E-state index < -0.39 is 39.0 Å². The monoisotopic (exact) mass is 491 g/mol. The second kappa shape index (κ2) is 8.29. The maximum Gasteiger partial charge on any atom is 0.416 e. The minimum absolute atomic E-state index is 0.202. The highest BCUT2D eigenvalue weighted by molar-refractivity contribution is 9.10. The summed E-state index contributed by atoms with van der Waals surface area (Å²) < 4.78 is 86.9. The normalized spacial score (nSPS) is 12.5. The van der Waals surface area contributed by atoms with Crippen molar-refractivity contribution >= 4 is 26.0 Å². The van der Waals surface area contributed by atoms with Crippen LogP contribution in [0.4, 0.5) is 17.6 Å². The number of alkyl halides is 3. The van der Waals surface area contributed by atoms with Crippen molar-refractivity contribution < 1.29 is 30.4 Å². The second-order valence-corrected chi connectivity index (χ2v) is 8.90. The molecule has 0 amide bonds. The third kappa shape index (κ3) is 4.88. The molecule has 10 heteroatoms. The van der Waals surface area contributed by atoms with E-state index in [0.29, 0.717) is 4.47 Å². The number of halogens is 5. The van der Waals surface area contributed by atoms with Crippen molar-refractivity contribution in [3.05, 3.63) is 88.0 Å². The van der Waals surface area contributed by atoms with E-state index in [-0.39, 0.29) is 17.9 Å². The van der Waals surface area contributed by atoms with Crippen LogP contribution in [0.25, 0.3) is 0 Å². The molecule has 0 bridgehead atoms. The highest BCUT2D eigenvalue weighted by atomic mass is 79.9. The predicted molar refractivity (Wildman–Crippen MR) is 101 cm³/mol. The van der Waals surface area contributed by atoms with E-state index >= 15 is 0 Å². The summed E-state index contributed by atoms with van der Waals surface area (Å²) in [7, 11) is -4.47. The first kappa shape index (κ1) is 21.5. The molecule has 154 valence electrons. The van der Waals surface area contributed by atoms with Gasteiger partial charge >= 0.3 is 6.18 Å². The predicted octanol–water partition coefficient (Wildman–Crippen LogP) is 5.59. The van der Waals surface area contributed by atoms with Gasteiger partial charge in [-0.2, -0.15) is 17.5 Å². The maximum absolute atomic E-state index is 14.2. The summed E-state index contributed by atoms with van der Waals surface area (Å²) in [6.07, 6.45) is -3.38. The smallest absolute Gasteiger partial charge is 0.416 e. The van der Waals surface area contributed by atoms with E-state index in [1.807, 2.05) is 0 Å². The van der Waals surface area contributed by atoms with Crippen LogP contribution in [0.2, 0.25) is 0 Å². The minimum Gasteiger partial charge on any atom is -0.468 e. The average molecular weight is 492 g/mol. The molecule has 0 aliphatic heterocycles. The third-order valence-corrected chi connectivity index (χ3v) is 6.40. The lowest BCUT2D eigenvalue weighted by Crippen LogP contribution is -2.31. The van der Waals surface area contributed by atoms with Crippen LogP contribution in [0.3, 0.4) is 0 Å². The van der Waals surface area contributed by atoms with Gasteiger partial charge in [-0.1, -0.05) is 28.1 Å². The largest absolute Gasteiger partial charge is 0.468 e. The van der Waals surface area contributed by atoms with Crippen molar-refractivity contribution in [2.24, 2.45) is 0 Å². The van der Waals surface area contributed by atoms with Crippen LogP contribution in [0.5, 0.6) is 0 Å². The van der Waals surface area contributed by atoms with Crippen molar-refractivity contribution in [3.8, 4) is 0 Å². The van der Waals surface area contributed by atoms with Gasteiger partial charge in [0, 0.05) is 11.0 Å². The summed E-state index contributed by atoms with van der Waals surface area (Å²) in [6, 6.07) is 11.0. The zero-order valence-electron chi connectivity index (χ0n) is 14.7. The molecular weight excluding hydrogens is 478 g/mol. The summed E-state index contributed by atoms with van der Waals surface area (Å²) in [5.74, 6) is -0.796. The Morgan fingerprint density at radius 3 is 2.34 bits per heavy atom. The molecule has 0 unspecified atom stereocenters. The lowest BCUT2D eigenvalue weighted by Gasteiger charge is -2.23. The molecule has 0 radical (unpaired) electrons. The first-order valence-corrected chi connectivity index (χ1v) is 10.4. The standard InChI is InChI=1S/C19H14BrF4NO3S/c20-14-7-8-16(19(22,23)24)13(10-14)11-25(12-15-4-3-9-28-15)29(26,27)18-6-2-1-5-17(18)21/h1-10H,11-12H2. The van der Waals surface area contributed by atoms with Crippen LogP contribution in [0.15, 0.2) is 74.6 Å². The van der Waals surface area contributed by atoms with Crippen LogP contribution in [-0.2, 0) is 29.3 Å². The molecule has 2 aromatic carbocycles. The highest BCUT2D eigenvalue weighted by Gasteiger charge is 2.36. The second-order valence-electron chi connectivity index (χ2n) is 6.08. The number of sulfonamides is 1. The molecular formula is C19H14BrF4NO3S. The summed E-state index contributed by atoms with van der Waals surface area (Å²) >= 11 is 3.11. The van der Waals surface area contributed by atoms with Crippen LogP contribution in [0.1, 0.15) is 16.9 Å². The SMILES string of the molecule is O=S(=O)(c1ccccc1F)N(Cc1ccco1)Cc1cc(Br)ccc1C(F)(F)F. The van der Waals surface area contributed by atoms with Gasteiger partial charge in [-0.3, -0.25) is 0 Å². The van der Waals surface area contributed by atoms with E-state index in [0.717, 1.165) is 22.5 Å². The minimum atomic E-state index is -4.69. The molecule has 4 nitrogen and oxygen atoms in total. The van der Waals surface area contributed by atoms with Gasteiger partial charge in [-0.15, -0.1) is 0 Å². The number of nitrogens with zero attached hydrogens (tertiary/aromatic N) is 1. The topological polar surface area (TPSA) is 50.5 Å². The van der Waals surface area contributed by atoms with Crippen LogP contribution in [-0.4, -0.2) is 12.7 Å². The molecule has 0 aliphatic carbocycles. The molecule has 3 rings (SSSR count). The number of hydrogen-bond acceptors (Lipinski definition) is 3. The van der Waals surface area contributed by atoms with Gasteiger partial charge in [-0.05, 0) is 48.0 Å². The number of rotatable bonds is 6. The van der Waals surface area contributed by atoms with E-state index in [1.54, 1.807) is 0 Å². The van der Waals surface area contributed by atoms with E-state index in [4.69, 9.17) is 4.42 Å². The average Bonchev–Trinajstić information content (AvgIpc) is 3.13. The van der Waals surface area contributed by atoms with Gasteiger partial charge in [-0.25, -0.2) is 12.8 Å². The molecule has 3 aromatic rings. The number of benzene rings is 2. The van der Waals surface area contributed by atoms with Crippen molar-refractivity contribution in [2.45, 2.75) is 24.2 Å². The Morgan fingerprint density at radius 2 is 1.72 bits per heavy atom. The maximum atomic E-state index is 14.2. The van der Waals surface area contributed by atoms with E-state index in [2.05, 4.69) is 15.9 Å². The Morgan fingerprint density at radius 1 is 1.00 bits per heavy atom.